The monoisotopic (exact) mass is 138 g/mol. The summed E-state index contributed by atoms with van der Waals surface area (Å²) in [6, 6.07) is 0. The zero-order valence-electron chi connectivity index (χ0n) is 2.66. The van der Waals surface area contributed by atoms with Crippen LogP contribution in [0.2, 0.25) is 0 Å². The van der Waals surface area contributed by atoms with Crippen molar-refractivity contribution in [1.29, 1.82) is 0 Å². The van der Waals surface area contributed by atoms with Gasteiger partial charge < -0.3 is 21.4 Å². The predicted octanol–water partition coefficient (Wildman–Crippen LogP) is -3.09. The Morgan fingerprint density at radius 2 is 1.17 bits per heavy atom. The summed E-state index contributed by atoms with van der Waals surface area (Å²) < 4.78 is 0. The van der Waals surface area contributed by atoms with Crippen molar-refractivity contribution in [2.75, 3.05) is 0 Å². The van der Waals surface area contributed by atoms with E-state index in [9.17, 15) is 0 Å². The zero-order chi connectivity index (χ0) is 4.50. The Morgan fingerprint density at radius 3 is 1.17 bits per heavy atom. The summed E-state index contributed by atoms with van der Waals surface area (Å²) in [5.41, 5.74) is 0. The maximum atomic E-state index is 8.92. The van der Waals surface area contributed by atoms with E-state index < -0.39 is 6.72 Å². The van der Waals surface area contributed by atoms with E-state index in [0.29, 0.717) is 0 Å². The minimum absolute atomic E-state index is 0. The molecule has 0 aliphatic heterocycles. The second-order valence-electron chi connectivity index (χ2n) is 0.447. The average molecular weight is 138 g/mol. The minimum atomic E-state index is -4.56. The van der Waals surface area contributed by atoms with Crippen LogP contribution in [0.5, 0.6) is 0 Å². The van der Waals surface area contributed by atoms with Crippen LogP contribution < -0.4 is 14.7 Å². The topological polar surface area (TPSA) is 69.2 Å². The summed E-state index contributed by atoms with van der Waals surface area (Å²) in [7, 11) is 0. The first kappa shape index (κ1) is 10.1. The standard InChI is InChI=1S/Al.H3O3PS/c;1-4(2,3)5/h;(H3,1,2,3,5)/q+3;/p-3. The Bertz CT molecular complexity index is 56.9. The molecule has 0 amide bonds. The molecule has 0 aliphatic rings. The summed E-state index contributed by atoms with van der Waals surface area (Å²) >= 11 is 3.27. The van der Waals surface area contributed by atoms with Crippen LogP contribution in [-0.4, -0.2) is 17.4 Å². The molecule has 0 spiro atoms. The van der Waals surface area contributed by atoms with Gasteiger partial charge in [-0.15, -0.1) is 0 Å². The minimum Gasteiger partial charge on any atom is -0.844 e. The summed E-state index contributed by atoms with van der Waals surface area (Å²) in [5, 5.41) is 0. The first-order valence-electron chi connectivity index (χ1n) is 0.730. The van der Waals surface area contributed by atoms with Crippen molar-refractivity contribution in [3.05, 3.63) is 0 Å². The van der Waals surface area contributed by atoms with Gasteiger partial charge in [0.2, 0.25) is 0 Å². The fourth-order valence-electron chi connectivity index (χ4n) is 0. The molecule has 0 fully saturated rings. The molecular weight excluding hydrogens is 138 g/mol. The van der Waals surface area contributed by atoms with E-state index in [1.165, 1.54) is 0 Å². The van der Waals surface area contributed by atoms with E-state index >= 15 is 0 Å². The molecule has 0 aliphatic carbocycles. The van der Waals surface area contributed by atoms with Gasteiger partial charge in [-0.2, -0.15) is 11.8 Å². The predicted molar refractivity (Wildman–Crippen MR) is 20.0 cm³/mol. The van der Waals surface area contributed by atoms with Crippen LogP contribution in [0.3, 0.4) is 0 Å². The van der Waals surface area contributed by atoms with Crippen LogP contribution >= 0.6 is 6.72 Å². The molecule has 0 heterocycles. The fraction of sp³-hybridized carbons (Fsp3) is 0. The van der Waals surface area contributed by atoms with Gasteiger partial charge in [-0.1, -0.05) is 0 Å². The van der Waals surface area contributed by atoms with Crippen molar-refractivity contribution < 1.29 is 14.7 Å². The van der Waals surface area contributed by atoms with Crippen LogP contribution in [0.15, 0.2) is 0 Å². The van der Waals surface area contributed by atoms with Crippen LogP contribution in [-0.2, 0) is 11.8 Å². The molecule has 6 heavy (non-hydrogen) atoms. The van der Waals surface area contributed by atoms with Crippen LogP contribution in [0.25, 0.3) is 0 Å². The van der Waals surface area contributed by atoms with Crippen molar-refractivity contribution in [1.82, 2.24) is 0 Å². The third-order valence-electron chi connectivity index (χ3n) is 0. The molecule has 0 saturated carbocycles. The normalized spacial score (nSPS) is 9.83. The van der Waals surface area contributed by atoms with Gasteiger partial charge in [0.05, 0.1) is 0 Å². The zero-order valence-corrected chi connectivity index (χ0v) is 5.52. The molecule has 0 aromatic carbocycles. The van der Waals surface area contributed by atoms with Crippen LogP contribution in [0.1, 0.15) is 0 Å². The Hall–Kier alpha value is 1.06. The largest absolute Gasteiger partial charge is 3.00 e. The molecule has 6 heteroatoms. The maximum Gasteiger partial charge on any atom is 3.00 e. The molecule has 0 radical (unpaired) electrons. The van der Waals surface area contributed by atoms with Gasteiger partial charge in [-0.3, -0.25) is 0 Å². The van der Waals surface area contributed by atoms with Crippen molar-refractivity contribution in [2.45, 2.75) is 0 Å². The number of hydrogen-bond acceptors (Lipinski definition) is 4. The molecule has 0 rings (SSSR count). The molecule has 32 valence electrons. The number of rotatable bonds is 0. The van der Waals surface area contributed by atoms with E-state index in [2.05, 4.69) is 11.8 Å². The maximum absolute atomic E-state index is 8.92. The molecule has 3 nitrogen and oxygen atoms in total. The van der Waals surface area contributed by atoms with E-state index in [1.807, 2.05) is 0 Å². The Kier molecular flexibility index (Phi) is 5.26. The smallest absolute Gasteiger partial charge is 0.844 e. The van der Waals surface area contributed by atoms with Crippen LogP contribution in [0, 0.1) is 0 Å². The van der Waals surface area contributed by atoms with E-state index in [1.54, 1.807) is 0 Å². The first-order valence-corrected chi connectivity index (χ1v) is 3.29. The van der Waals surface area contributed by atoms with Gasteiger partial charge in [-0.25, -0.2) is 0 Å². The van der Waals surface area contributed by atoms with Gasteiger partial charge in [-0.05, 0) is 0 Å². The van der Waals surface area contributed by atoms with Crippen LogP contribution in [0.4, 0.5) is 0 Å². The Balaban J connectivity index is 0. The third-order valence-corrected chi connectivity index (χ3v) is 0. The Morgan fingerprint density at radius 1 is 1.17 bits per heavy atom. The van der Waals surface area contributed by atoms with Gasteiger partial charge in [0.1, 0.15) is 0 Å². The van der Waals surface area contributed by atoms with Crippen molar-refractivity contribution in [3.8, 4) is 0 Å². The molecule has 0 atom stereocenters. The van der Waals surface area contributed by atoms with Gasteiger partial charge >= 0.3 is 17.4 Å². The average Bonchev–Trinajstić information content (AvgIpc) is 0.722. The summed E-state index contributed by atoms with van der Waals surface area (Å²) in [6.07, 6.45) is 0. The van der Waals surface area contributed by atoms with Crippen molar-refractivity contribution >= 4 is 35.9 Å². The molecule has 0 bridgehead atoms. The molecule has 0 unspecified atom stereocenters. The summed E-state index contributed by atoms with van der Waals surface area (Å²) in [5.74, 6) is 0. The van der Waals surface area contributed by atoms with E-state index in [0.717, 1.165) is 0 Å². The van der Waals surface area contributed by atoms with E-state index in [4.69, 9.17) is 14.7 Å². The summed E-state index contributed by atoms with van der Waals surface area (Å²) in [6.45, 7) is -4.56. The fourth-order valence-corrected chi connectivity index (χ4v) is 0. The van der Waals surface area contributed by atoms with Crippen molar-refractivity contribution in [3.63, 3.8) is 0 Å². The quantitative estimate of drug-likeness (QED) is 0.263. The summed E-state index contributed by atoms with van der Waals surface area (Å²) in [4.78, 5) is 26.8. The van der Waals surface area contributed by atoms with Gasteiger partial charge in [0.25, 0.3) is 0 Å². The molecule has 0 aromatic heterocycles. The number of hydrogen-bond donors (Lipinski definition) is 0. The second kappa shape index (κ2) is 3.12. The SMILES string of the molecule is [Al+3].[O-]P([O-])([O-])=S. The van der Waals surface area contributed by atoms with Gasteiger partial charge in [0.15, 0.2) is 0 Å². The molecule has 0 N–H and O–H groups in total. The third kappa shape index (κ3) is 74.0. The molecule has 0 saturated heterocycles. The molecular formula is AlO3PS. The van der Waals surface area contributed by atoms with E-state index in [-0.39, 0.29) is 17.4 Å². The second-order valence-corrected chi connectivity index (χ2v) is 2.68. The van der Waals surface area contributed by atoms with Crippen molar-refractivity contribution in [2.24, 2.45) is 0 Å². The first-order chi connectivity index (χ1) is 2.00. The van der Waals surface area contributed by atoms with Gasteiger partial charge in [0, 0.05) is 0 Å². The Labute approximate surface area is 51.0 Å². The molecule has 0 aromatic rings.